The molecule has 1 aromatic rings. The van der Waals surface area contributed by atoms with Gasteiger partial charge < -0.3 is 0 Å². The molecule has 1 aliphatic carbocycles. The van der Waals surface area contributed by atoms with Gasteiger partial charge in [-0.25, -0.2) is 0 Å². The number of benzene rings is 1. The molecule has 0 amide bonds. The molecule has 0 N–H and O–H groups in total. The third kappa shape index (κ3) is 1.95. The minimum atomic E-state index is 1.11. The Bertz CT molecular complexity index is 394. The van der Waals surface area contributed by atoms with Gasteiger partial charge in [-0.1, -0.05) is 47.6 Å². The van der Waals surface area contributed by atoms with Crippen LogP contribution in [0.4, 0.5) is 0 Å². The van der Waals surface area contributed by atoms with Crippen LogP contribution in [0.3, 0.4) is 0 Å². The largest absolute Gasteiger partial charge is 0.0804 e. The second-order valence-electron chi connectivity index (χ2n) is 4.06. The zero-order valence-electron chi connectivity index (χ0n) is 8.88. The summed E-state index contributed by atoms with van der Waals surface area (Å²) in [4.78, 5) is 0. The fourth-order valence-corrected chi connectivity index (χ4v) is 1.86. The molecule has 0 heterocycles. The molecule has 1 aromatic carbocycles. The summed E-state index contributed by atoms with van der Waals surface area (Å²) in [5.41, 5.74) is 5.76. The molecular formula is C14H16. The first kappa shape index (κ1) is 9.26. The van der Waals surface area contributed by atoms with Crippen molar-refractivity contribution < 1.29 is 0 Å². The average Bonchev–Trinajstić information content (AvgIpc) is 2.64. The van der Waals surface area contributed by atoms with Crippen LogP contribution in [0.15, 0.2) is 42.0 Å². The first-order valence-corrected chi connectivity index (χ1v) is 5.16. The summed E-state index contributed by atoms with van der Waals surface area (Å²) in [7, 11) is 0. The molecule has 0 radical (unpaired) electrons. The average molecular weight is 184 g/mol. The van der Waals surface area contributed by atoms with Crippen LogP contribution in [-0.2, 0) is 6.42 Å². The van der Waals surface area contributed by atoms with Gasteiger partial charge in [0.15, 0.2) is 0 Å². The second kappa shape index (κ2) is 3.83. The maximum atomic E-state index is 2.30. The van der Waals surface area contributed by atoms with E-state index in [9.17, 15) is 0 Å². The van der Waals surface area contributed by atoms with E-state index in [1.54, 1.807) is 0 Å². The topological polar surface area (TPSA) is 0 Å². The summed E-state index contributed by atoms with van der Waals surface area (Å²) in [6.45, 7) is 4.35. The van der Waals surface area contributed by atoms with Gasteiger partial charge in [0.2, 0.25) is 0 Å². The van der Waals surface area contributed by atoms with E-state index in [1.165, 1.54) is 22.3 Å². The summed E-state index contributed by atoms with van der Waals surface area (Å²) < 4.78 is 0. The van der Waals surface area contributed by atoms with Gasteiger partial charge in [-0.05, 0) is 37.8 Å². The zero-order chi connectivity index (χ0) is 9.97. The van der Waals surface area contributed by atoms with E-state index >= 15 is 0 Å². The van der Waals surface area contributed by atoms with E-state index < -0.39 is 0 Å². The van der Waals surface area contributed by atoms with Crippen LogP contribution in [0.25, 0.3) is 0 Å². The van der Waals surface area contributed by atoms with Crippen molar-refractivity contribution in [1.29, 1.82) is 0 Å². The third-order valence-corrected chi connectivity index (χ3v) is 2.77. The monoisotopic (exact) mass is 184 g/mol. The highest BCUT2D eigenvalue weighted by atomic mass is 14.1. The Morgan fingerprint density at radius 2 is 2.07 bits per heavy atom. The molecule has 1 aliphatic rings. The van der Waals surface area contributed by atoms with Crippen LogP contribution >= 0.6 is 0 Å². The van der Waals surface area contributed by atoms with Crippen molar-refractivity contribution in [1.82, 2.24) is 0 Å². The highest BCUT2D eigenvalue weighted by Crippen LogP contribution is 2.19. The molecule has 0 saturated carbocycles. The van der Waals surface area contributed by atoms with Crippen molar-refractivity contribution >= 4 is 0 Å². The third-order valence-electron chi connectivity index (χ3n) is 2.77. The number of rotatable bonds is 2. The van der Waals surface area contributed by atoms with Gasteiger partial charge in [0.05, 0.1) is 0 Å². The maximum absolute atomic E-state index is 2.30. The lowest BCUT2D eigenvalue weighted by Crippen LogP contribution is -1.92. The standard InChI is InChI=1S/C14H16/c1-11-7-8-12(2)14(9-11)10-13-5-3-4-6-13/h3-5,7-9H,6,10H2,1-2H3. The summed E-state index contributed by atoms with van der Waals surface area (Å²) in [6.07, 6.45) is 8.86. The van der Waals surface area contributed by atoms with E-state index in [-0.39, 0.29) is 0 Å². The SMILES string of the molecule is Cc1ccc(C)c(CC2=CC=CC2)c1. The Balaban J connectivity index is 2.19. The van der Waals surface area contributed by atoms with E-state index in [1.807, 2.05) is 0 Å². The molecule has 14 heavy (non-hydrogen) atoms. The number of hydrogen-bond acceptors (Lipinski definition) is 0. The molecule has 72 valence electrons. The first-order valence-electron chi connectivity index (χ1n) is 5.16. The first-order chi connectivity index (χ1) is 6.75. The van der Waals surface area contributed by atoms with Crippen molar-refractivity contribution in [3.05, 3.63) is 58.7 Å². The second-order valence-corrected chi connectivity index (χ2v) is 4.06. The van der Waals surface area contributed by atoms with E-state index in [2.05, 4.69) is 50.3 Å². The molecule has 0 atom stereocenters. The number of hydrogen-bond donors (Lipinski definition) is 0. The lowest BCUT2D eigenvalue weighted by Gasteiger charge is -2.07. The molecule has 0 heteroatoms. The summed E-state index contributed by atoms with van der Waals surface area (Å²) in [6, 6.07) is 6.70. The summed E-state index contributed by atoms with van der Waals surface area (Å²) in [5, 5.41) is 0. The molecule has 0 nitrogen and oxygen atoms in total. The van der Waals surface area contributed by atoms with E-state index in [4.69, 9.17) is 0 Å². The van der Waals surface area contributed by atoms with Crippen molar-refractivity contribution in [3.8, 4) is 0 Å². The van der Waals surface area contributed by atoms with Crippen LogP contribution in [-0.4, -0.2) is 0 Å². The molecule has 0 unspecified atom stereocenters. The van der Waals surface area contributed by atoms with Crippen molar-refractivity contribution in [2.24, 2.45) is 0 Å². The van der Waals surface area contributed by atoms with Crippen LogP contribution in [0.5, 0.6) is 0 Å². The van der Waals surface area contributed by atoms with Crippen LogP contribution < -0.4 is 0 Å². The fraction of sp³-hybridized carbons (Fsp3) is 0.286. The number of aryl methyl sites for hydroxylation is 2. The van der Waals surface area contributed by atoms with Gasteiger partial charge >= 0.3 is 0 Å². The van der Waals surface area contributed by atoms with Crippen LogP contribution in [0, 0.1) is 13.8 Å². The summed E-state index contributed by atoms with van der Waals surface area (Å²) in [5.74, 6) is 0. The maximum Gasteiger partial charge on any atom is -0.00582 e. The summed E-state index contributed by atoms with van der Waals surface area (Å²) >= 11 is 0. The highest BCUT2D eigenvalue weighted by molar-refractivity contribution is 5.36. The highest BCUT2D eigenvalue weighted by Gasteiger charge is 2.03. The molecule has 0 aromatic heterocycles. The fourth-order valence-electron chi connectivity index (χ4n) is 1.86. The van der Waals surface area contributed by atoms with Crippen molar-refractivity contribution in [2.75, 3.05) is 0 Å². The van der Waals surface area contributed by atoms with Crippen LogP contribution in [0.2, 0.25) is 0 Å². The van der Waals surface area contributed by atoms with Gasteiger partial charge in [0, 0.05) is 0 Å². The minimum Gasteiger partial charge on any atom is -0.0804 e. The molecular weight excluding hydrogens is 168 g/mol. The Morgan fingerprint density at radius 1 is 1.21 bits per heavy atom. The molecule has 0 fully saturated rings. The molecule has 0 bridgehead atoms. The van der Waals surface area contributed by atoms with Gasteiger partial charge in [-0.15, -0.1) is 0 Å². The lowest BCUT2D eigenvalue weighted by atomic mass is 9.98. The normalized spacial score (nSPS) is 14.6. The predicted octanol–water partition coefficient (Wildman–Crippen LogP) is 3.73. The predicted molar refractivity (Wildman–Crippen MR) is 61.5 cm³/mol. The Kier molecular flexibility index (Phi) is 2.53. The molecule has 0 spiro atoms. The quantitative estimate of drug-likeness (QED) is 0.657. The van der Waals surface area contributed by atoms with Crippen molar-refractivity contribution in [3.63, 3.8) is 0 Å². The zero-order valence-corrected chi connectivity index (χ0v) is 8.88. The Morgan fingerprint density at radius 3 is 2.79 bits per heavy atom. The van der Waals surface area contributed by atoms with Crippen molar-refractivity contribution in [2.45, 2.75) is 26.7 Å². The smallest absolute Gasteiger partial charge is 0.00582 e. The van der Waals surface area contributed by atoms with Crippen LogP contribution in [0.1, 0.15) is 23.1 Å². The van der Waals surface area contributed by atoms with Gasteiger partial charge in [0.1, 0.15) is 0 Å². The van der Waals surface area contributed by atoms with E-state index in [0.29, 0.717) is 0 Å². The van der Waals surface area contributed by atoms with E-state index in [0.717, 1.165) is 12.8 Å². The molecule has 2 rings (SSSR count). The van der Waals surface area contributed by atoms with Gasteiger partial charge in [-0.2, -0.15) is 0 Å². The molecule has 0 aliphatic heterocycles. The number of allylic oxidation sites excluding steroid dienone is 4. The van der Waals surface area contributed by atoms with Gasteiger partial charge in [-0.3, -0.25) is 0 Å². The molecule has 0 saturated heterocycles. The van der Waals surface area contributed by atoms with Gasteiger partial charge in [0.25, 0.3) is 0 Å². The lowest BCUT2D eigenvalue weighted by molar-refractivity contribution is 1.06. The minimum absolute atomic E-state index is 1.11. The Labute approximate surface area is 86.0 Å². The Hall–Kier alpha value is -1.30.